The van der Waals surface area contributed by atoms with Crippen LogP contribution >= 0.6 is 0 Å². The molecule has 0 saturated carbocycles. The van der Waals surface area contributed by atoms with Crippen molar-refractivity contribution in [2.24, 2.45) is 11.8 Å². The third kappa shape index (κ3) is 3.81. The Kier molecular flexibility index (Phi) is 4.73. The fourth-order valence-electron chi connectivity index (χ4n) is 1.58. The van der Waals surface area contributed by atoms with Crippen molar-refractivity contribution in [3.63, 3.8) is 0 Å². The number of hydrogen-bond donors (Lipinski definition) is 3. The van der Waals surface area contributed by atoms with Gasteiger partial charge in [0, 0.05) is 12.0 Å². The molecule has 0 aromatic heterocycles. The van der Waals surface area contributed by atoms with Gasteiger partial charge >= 0.3 is 0 Å². The second-order valence-corrected chi connectivity index (χ2v) is 4.65. The quantitative estimate of drug-likeness (QED) is 0.592. The number of amides is 2. The number of rotatable bonds is 5. The molecule has 0 aromatic carbocycles. The van der Waals surface area contributed by atoms with E-state index in [0.717, 1.165) is 13.1 Å². The lowest BCUT2D eigenvalue weighted by atomic mass is 9.88. The van der Waals surface area contributed by atoms with E-state index in [1.54, 1.807) is 0 Å². The maximum absolute atomic E-state index is 11.6. The van der Waals surface area contributed by atoms with Gasteiger partial charge in [0.05, 0.1) is 6.54 Å². The van der Waals surface area contributed by atoms with E-state index in [1.165, 1.54) is 0 Å². The molecule has 1 saturated heterocycles. The predicted octanol–water partition coefficient (Wildman–Crippen LogP) is -0.517. The van der Waals surface area contributed by atoms with Crippen LogP contribution in [0, 0.1) is 11.8 Å². The molecule has 3 N–H and O–H groups in total. The Morgan fingerprint density at radius 2 is 1.94 bits per heavy atom. The number of carbonyl (C=O) groups excluding carboxylic acids is 2. The predicted molar refractivity (Wildman–Crippen MR) is 61.8 cm³/mol. The van der Waals surface area contributed by atoms with Crippen molar-refractivity contribution in [2.45, 2.75) is 26.8 Å². The molecule has 16 heavy (non-hydrogen) atoms. The van der Waals surface area contributed by atoms with E-state index < -0.39 is 0 Å². The Balaban J connectivity index is 2.21. The van der Waals surface area contributed by atoms with Gasteiger partial charge in [0.1, 0.15) is 0 Å². The first kappa shape index (κ1) is 13.0. The van der Waals surface area contributed by atoms with Gasteiger partial charge in [0.25, 0.3) is 0 Å². The Morgan fingerprint density at radius 1 is 1.31 bits per heavy atom. The number of hydrogen-bond acceptors (Lipinski definition) is 3. The van der Waals surface area contributed by atoms with Crippen LogP contribution in [0.5, 0.6) is 0 Å². The number of carbonyl (C=O) groups is 2. The Bertz CT molecular complexity index is 262. The molecular formula is C11H21N3O2. The van der Waals surface area contributed by atoms with Crippen LogP contribution in [-0.4, -0.2) is 37.5 Å². The summed E-state index contributed by atoms with van der Waals surface area (Å²) < 4.78 is 0. The topological polar surface area (TPSA) is 70.2 Å². The molecule has 1 aliphatic rings. The van der Waals surface area contributed by atoms with Crippen LogP contribution in [0.4, 0.5) is 0 Å². The molecule has 1 unspecified atom stereocenters. The van der Waals surface area contributed by atoms with Gasteiger partial charge in [-0.25, -0.2) is 0 Å². The van der Waals surface area contributed by atoms with Gasteiger partial charge in [-0.15, -0.1) is 0 Å². The van der Waals surface area contributed by atoms with Crippen molar-refractivity contribution in [1.82, 2.24) is 16.0 Å². The van der Waals surface area contributed by atoms with Crippen molar-refractivity contribution >= 4 is 11.8 Å². The fourth-order valence-corrected chi connectivity index (χ4v) is 1.58. The van der Waals surface area contributed by atoms with Gasteiger partial charge in [-0.2, -0.15) is 0 Å². The van der Waals surface area contributed by atoms with Crippen LogP contribution in [-0.2, 0) is 9.59 Å². The van der Waals surface area contributed by atoms with E-state index in [0.29, 0.717) is 5.92 Å². The standard InChI is InChI=1S/C11H21N3O2/c1-7(2)14-10(15)6-13-11(16)8(3)9-4-12-5-9/h7-9,12H,4-6H2,1-3H3,(H,13,16)(H,14,15). The Hall–Kier alpha value is -1.10. The lowest BCUT2D eigenvalue weighted by Gasteiger charge is -2.31. The minimum atomic E-state index is -0.137. The molecule has 5 nitrogen and oxygen atoms in total. The van der Waals surface area contributed by atoms with Crippen molar-refractivity contribution in [2.75, 3.05) is 19.6 Å². The van der Waals surface area contributed by atoms with Crippen molar-refractivity contribution < 1.29 is 9.59 Å². The van der Waals surface area contributed by atoms with Gasteiger partial charge in [0.2, 0.25) is 11.8 Å². The second-order valence-electron chi connectivity index (χ2n) is 4.65. The SMILES string of the molecule is CC(C)NC(=O)CNC(=O)C(C)C1CNC1. The molecule has 2 amide bonds. The highest BCUT2D eigenvalue weighted by molar-refractivity contribution is 5.85. The van der Waals surface area contributed by atoms with Gasteiger partial charge < -0.3 is 16.0 Å². The average Bonchev–Trinajstić information content (AvgIpc) is 2.10. The summed E-state index contributed by atoms with van der Waals surface area (Å²) in [6.07, 6.45) is 0. The smallest absolute Gasteiger partial charge is 0.239 e. The molecule has 1 heterocycles. The molecule has 1 aliphatic heterocycles. The summed E-state index contributed by atoms with van der Waals surface area (Å²) in [4.78, 5) is 22.9. The van der Waals surface area contributed by atoms with Crippen LogP contribution < -0.4 is 16.0 Å². The van der Waals surface area contributed by atoms with E-state index in [-0.39, 0.29) is 30.3 Å². The largest absolute Gasteiger partial charge is 0.352 e. The van der Waals surface area contributed by atoms with Crippen molar-refractivity contribution in [1.29, 1.82) is 0 Å². The summed E-state index contributed by atoms with van der Waals surface area (Å²) in [5.41, 5.74) is 0. The van der Waals surface area contributed by atoms with Crippen molar-refractivity contribution in [3.8, 4) is 0 Å². The second kappa shape index (κ2) is 5.84. The van der Waals surface area contributed by atoms with Gasteiger partial charge in [-0.05, 0) is 32.9 Å². The maximum Gasteiger partial charge on any atom is 0.239 e. The summed E-state index contributed by atoms with van der Waals surface area (Å²) in [6.45, 7) is 7.55. The van der Waals surface area contributed by atoms with Crippen LogP contribution in [0.1, 0.15) is 20.8 Å². The van der Waals surface area contributed by atoms with Crippen LogP contribution in [0.3, 0.4) is 0 Å². The normalized spacial score (nSPS) is 17.8. The lowest BCUT2D eigenvalue weighted by Crippen LogP contribution is -2.50. The monoisotopic (exact) mass is 227 g/mol. The molecule has 1 fully saturated rings. The zero-order chi connectivity index (χ0) is 12.1. The molecular weight excluding hydrogens is 206 g/mol. The number of nitrogens with one attached hydrogen (secondary N) is 3. The first-order valence-electron chi connectivity index (χ1n) is 5.78. The summed E-state index contributed by atoms with van der Waals surface area (Å²) in [6, 6.07) is 0.109. The zero-order valence-electron chi connectivity index (χ0n) is 10.2. The molecule has 1 atom stereocenters. The Morgan fingerprint density at radius 3 is 2.38 bits per heavy atom. The van der Waals surface area contributed by atoms with E-state index in [1.807, 2.05) is 20.8 Å². The molecule has 92 valence electrons. The Labute approximate surface area is 96.4 Å². The zero-order valence-corrected chi connectivity index (χ0v) is 10.2. The maximum atomic E-state index is 11.6. The summed E-state index contributed by atoms with van der Waals surface area (Å²) in [7, 11) is 0. The van der Waals surface area contributed by atoms with Gasteiger partial charge in [0.15, 0.2) is 0 Å². The molecule has 0 aliphatic carbocycles. The van der Waals surface area contributed by atoms with Crippen LogP contribution in [0.2, 0.25) is 0 Å². The third-order valence-electron chi connectivity index (χ3n) is 2.81. The highest BCUT2D eigenvalue weighted by atomic mass is 16.2. The fraction of sp³-hybridized carbons (Fsp3) is 0.818. The molecule has 1 rings (SSSR count). The first-order chi connectivity index (χ1) is 7.50. The van der Waals surface area contributed by atoms with E-state index in [2.05, 4.69) is 16.0 Å². The van der Waals surface area contributed by atoms with Crippen LogP contribution in [0.15, 0.2) is 0 Å². The summed E-state index contributed by atoms with van der Waals surface area (Å²) >= 11 is 0. The molecule has 0 radical (unpaired) electrons. The minimum absolute atomic E-state index is 0.0203. The third-order valence-corrected chi connectivity index (χ3v) is 2.81. The summed E-state index contributed by atoms with van der Waals surface area (Å²) in [5, 5.41) is 8.51. The highest BCUT2D eigenvalue weighted by Crippen LogP contribution is 2.15. The molecule has 0 bridgehead atoms. The average molecular weight is 227 g/mol. The lowest BCUT2D eigenvalue weighted by molar-refractivity contribution is -0.130. The van der Waals surface area contributed by atoms with Gasteiger partial charge in [-0.3, -0.25) is 9.59 Å². The molecule has 5 heteroatoms. The van der Waals surface area contributed by atoms with E-state index in [9.17, 15) is 9.59 Å². The first-order valence-corrected chi connectivity index (χ1v) is 5.78. The van der Waals surface area contributed by atoms with Gasteiger partial charge in [-0.1, -0.05) is 6.92 Å². The molecule has 0 aromatic rings. The van der Waals surface area contributed by atoms with Crippen LogP contribution in [0.25, 0.3) is 0 Å². The van der Waals surface area contributed by atoms with E-state index in [4.69, 9.17) is 0 Å². The van der Waals surface area contributed by atoms with Crippen molar-refractivity contribution in [3.05, 3.63) is 0 Å². The van der Waals surface area contributed by atoms with E-state index >= 15 is 0 Å². The molecule has 0 spiro atoms. The minimum Gasteiger partial charge on any atom is -0.352 e. The summed E-state index contributed by atoms with van der Waals surface area (Å²) in [5.74, 6) is 0.217. The highest BCUT2D eigenvalue weighted by Gasteiger charge is 2.28.